The molecule has 0 radical (unpaired) electrons. The van der Waals surface area contributed by atoms with Crippen LogP contribution in [0.15, 0.2) is 24.4 Å². The molecule has 1 aliphatic heterocycles. The van der Waals surface area contributed by atoms with Gasteiger partial charge in [-0.1, -0.05) is 18.4 Å². The lowest BCUT2D eigenvalue weighted by Crippen LogP contribution is -2.30. The Labute approximate surface area is 99.1 Å². The maximum atomic E-state index is 7.32. The number of hydrogen-bond donors (Lipinski definition) is 0. The Balaban J connectivity index is 1.76. The SMILES string of the molecule is [2H]c1ccc(C#CCCN2CCCCC2)nc1. The monoisotopic (exact) mass is 215 g/mol. The van der Waals surface area contributed by atoms with E-state index < -0.39 is 0 Å². The van der Waals surface area contributed by atoms with Crippen molar-refractivity contribution < 1.29 is 1.37 Å². The molecule has 0 aromatic carbocycles. The zero-order valence-electron chi connectivity index (χ0n) is 10.6. The molecule has 0 unspecified atom stereocenters. The zero-order chi connectivity index (χ0) is 11.9. The van der Waals surface area contributed by atoms with E-state index >= 15 is 0 Å². The second-order valence-corrected chi connectivity index (χ2v) is 4.10. The fourth-order valence-corrected chi connectivity index (χ4v) is 1.94. The highest BCUT2D eigenvalue weighted by atomic mass is 15.1. The number of aromatic nitrogens is 1. The minimum Gasteiger partial charge on any atom is -0.302 e. The summed E-state index contributed by atoms with van der Waals surface area (Å²) in [4.78, 5) is 6.57. The first-order chi connectivity index (χ1) is 8.34. The molecule has 1 aromatic heterocycles. The molecule has 1 saturated heterocycles. The van der Waals surface area contributed by atoms with Gasteiger partial charge in [0, 0.05) is 19.2 Å². The Kier molecular flexibility index (Phi) is 3.88. The Morgan fingerprint density at radius 3 is 3.00 bits per heavy atom. The molecule has 1 fully saturated rings. The second-order valence-electron chi connectivity index (χ2n) is 4.10. The molecule has 0 aliphatic carbocycles. The number of likely N-dealkylation sites (tertiary alicyclic amines) is 1. The van der Waals surface area contributed by atoms with E-state index in [1.54, 1.807) is 12.1 Å². The van der Waals surface area contributed by atoms with Gasteiger partial charge >= 0.3 is 0 Å². The summed E-state index contributed by atoms with van der Waals surface area (Å²) in [5.41, 5.74) is 0.764. The molecule has 2 heteroatoms. The summed E-state index contributed by atoms with van der Waals surface area (Å²) in [6, 6.07) is 3.96. The summed E-state index contributed by atoms with van der Waals surface area (Å²) in [6.45, 7) is 3.53. The van der Waals surface area contributed by atoms with Gasteiger partial charge in [-0.05, 0) is 44.0 Å². The van der Waals surface area contributed by atoms with Gasteiger partial charge in [0.25, 0.3) is 0 Å². The van der Waals surface area contributed by atoms with E-state index in [-0.39, 0.29) is 0 Å². The van der Waals surface area contributed by atoms with Crippen molar-refractivity contribution in [3.63, 3.8) is 0 Å². The summed E-state index contributed by atoms with van der Waals surface area (Å²) >= 11 is 0. The molecule has 1 aliphatic rings. The zero-order valence-corrected chi connectivity index (χ0v) is 9.58. The fourth-order valence-electron chi connectivity index (χ4n) is 1.94. The maximum Gasteiger partial charge on any atom is 0.113 e. The summed E-state index contributed by atoms with van der Waals surface area (Å²) in [5.74, 6) is 6.19. The predicted molar refractivity (Wildman–Crippen MR) is 66.0 cm³/mol. The van der Waals surface area contributed by atoms with Gasteiger partial charge in [-0.3, -0.25) is 0 Å². The Morgan fingerprint density at radius 1 is 1.38 bits per heavy atom. The van der Waals surface area contributed by atoms with Crippen molar-refractivity contribution in [2.24, 2.45) is 0 Å². The average Bonchev–Trinajstić information content (AvgIpc) is 2.38. The van der Waals surface area contributed by atoms with Crippen LogP contribution in [0.2, 0.25) is 0 Å². The van der Waals surface area contributed by atoms with Crippen LogP contribution in [0.5, 0.6) is 0 Å². The molecule has 16 heavy (non-hydrogen) atoms. The molecule has 0 saturated carbocycles. The average molecular weight is 215 g/mol. The summed E-state index contributed by atoms with van der Waals surface area (Å²) in [5, 5.41) is 0. The van der Waals surface area contributed by atoms with E-state index in [0.29, 0.717) is 6.04 Å². The van der Waals surface area contributed by atoms with Crippen molar-refractivity contribution in [2.75, 3.05) is 19.6 Å². The van der Waals surface area contributed by atoms with E-state index in [1.807, 2.05) is 0 Å². The third-order valence-electron chi connectivity index (χ3n) is 2.83. The van der Waals surface area contributed by atoms with Crippen molar-refractivity contribution >= 4 is 0 Å². The van der Waals surface area contributed by atoms with E-state index in [0.717, 1.165) is 18.7 Å². The molecule has 2 heterocycles. The highest BCUT2D eigenvalue weighted by Crippen LogP contribution is 2.08. The van der Waals surface area contributed by atoms with Crippen LogP contribution in [0.3, 0.4) is 0 Å². The Morgan fingerprint density at radius 2 is 2.25 bits per heavy atom. The number of piperidine rings is 1. The van der Waals surface area contributed by atoms with Crippen LogP contribution in [0.25, 0.3) is 0 Å². The Hall–Kier alpha value is -1.33. The molecule has 0 spiro atoms. The topological polar surface area (TPSA) is 16.1 Å². The maximum absolute atomic E-state index is 7.32. The molecule has 0 amide bonds. The van der Waals surface area contributed by atoms with E-state index in [9.17, 15) is 0 Å². The van der Waals surface area contributed by atoms with E-state index in [1.165, 1.54) is 38.5 Å². The minimum absolute atomic E-state index is 0.434. The van der Waals surface area contributed by atoms with Crippen LogP contribution >= 0.6 is 0 Å². The first-order valence-electron chi connectivity index (χ1n) is 6.48. The first kappa shape index (κ1) is 9.86. The van der Waals surface area contributed by atoms with Crippen LogP contribution in [0.4, 0.5) is 0 Å². The molecular formula is C14H18N2. The van der Waals surface area contributed by atoms with Crippen molar-refractivity contribution in [3.8, 4) is 11.8 Å². The normalized spacial score (nSPS) is 17.4. The van der Waals surface area contributed by atoms with Crippen LogP contribution in [-0.2, 0) is 0 Å². The van der Waals surface area contributed by atoms with Crippen molar-refractivity contribution in [1.29, 1.82) is 0 Å². The molecular weight excluding hydrogens is 196 g/mol. The molecule has 2 rings (SSSR count). The van der Waals surface area contributed by atoms with Crippen molar-refractivity contribution in [3.05, 3.63) is 30.1 Å². The minimum atomic E-state index is 0.434. The number of rotatable bonds is 2. The van der Waals surface area contributed by atoms with Crippen LogP contribution in [-0.4, -0.2) is 29.5 Å². The van der Waals surface area contributed by atoms with Crippen LogP contribution < -0.4 is 0 Å². The lowest BCUT2D eigenvalue weighted by Gasteiger charge is -2.25. The number of pyridine rings is 1. The van der Waals surface area contributed by atoms with Gasteiger partial charge in [0.15, 0.2) is 0 Å². The van der Waals surface area contributed by atoms with Crippen LogP contribution in [0.1, 0.15) is 32.7 Å². The van der Waals surface area contributed by atoms with E-state index in [2.05, 4.69) is 21.7 Å². The van der Waals surface area contributed by atoms with Gasteiger partial charge in [0.05, 0.1) is 1.37 Å². The molecule has 2 nitrogen and oxygen atoms in total. The third-order valence-corrected chi connectivity index (χ3v) is 2.83. The van der Waals surface area contributed by atoms with Gasteiger partial charge in [-0.2, -0.15) is 0 Å². The molecule has 1 aromatic rings. The molecule has 0 atom stereocenters. The largest absolute Gasteiger partial charge is 0.302 e. The smallest absolute Gasteiger partial charge is 0.113 e. The Bertz CT molecular complexity index is 396. The standard InChI is InChI=1S/C14H18N2/c1-5-11-16(12-6-1)13-7-3-9-14-8-2-4-10-15-14/h2,4,8,10H,1,5-7,11-13H2/i4D. The molecule has 0 N–H and O–H groups in total. The lowest BCUT2D eigenvalue weighted by molar-refractivity contribution is 0.234. The van der Waals surface area contributed by atoms with Crippen LogP contribution in [0, 0.1) is 11.8 Å². The summed E-state index contributed by atoms with van der Waals surface area (Å²) in [6.07, 6.45) is 6.49. The quantitative estimate of drug-likeness (QED) is 0.704. The predicted octanol–water partition coefficient (Wildman–Crippen LogP) is 2.31. The van der Waals surface area contributed by atoms with Gasteiger partial charge in [0.1, 0.15) is 5.69 Å². The summed E-state index contributed by atoms with van der Waals surface area (Å²) < 4.78 is 7.32. The lowest BCUT2D eigenvalue weighted by atomic mass is 10.1. The second kappa shape index (κ2) is 6.30. The molecule has 84 valence electrons. The highest BCUT2D eigenvalue weighted by Gasteiger charge is 2.07. The van der Waals surface area contributed by atoms with Gasteiger partial charge in [-0.15, -0.1) is 0 Å². The third kappa shape index (κ3) is 3.67. The number of hydrogen-bond acceptors (Lipinski definition) is 2. The van der Waals surface area contributed by atoms with Crippen molar-refractivity contribution in [2.45, 2.75) is 25.7 Å². The number of nitrogens with zero attached hydrogens (tertiary/aromatic N) is 2. The first-order valence-corrected chi connectivity index (χ1v) is 5.98. The summed E-state index contributed by atoms with van der Waals surface area (Å²) in [7, 11) is 0. The molecule has 0 bridgehead atoms. The van der Waals surface area contributed by atoms with Gasteiger partial charge < -0.3 is 4.90 Å². The van der Waals surface area contributed by atoms with Crippen molar-refractivity contribution in [1.82, 2.24) is 9.88 Å². The van der Waals surface area contributed by atoms with Gasteiger partial charge in [0.2, 0.25) is 0 Å². The fraction of sp³-hybridized carbons (Fsp3) is 0.500. The van der Waals surface area contributed by atoms with E-state index in [4.69, 9.17) is 1.37 Å². The van der Waals surface area contributed by atoms with Gasteiger partial charge in [-0.25, -0.2) is 4.98 Å². The highest BCUT2D eigenvalue weighted by molar-refractivity contribution is 5.26.